The molecule has 1 aromatic heterocycles. The summed E-state index contributed by atoms with van der Waals surface area (Å²) < 4.78 is 1.18. The van der Waals surface area contributed by atoms with Crippen molar-refractivity contribution in [2.24, 2.45) is 5.73 Å². The maximum absolute atomic E-state index is 12.2. The summed E-state index contributed by atoms with van der Waals surface area (Å²) in [6.07, 6.45) is 0.811. The van der Waals surface area contributed by atoms with Gasteiger partial charge in [0.25, 0.3) is 11.1 Å². The lowest BCUT2D eigenvalue weighted by molar-refractivity contribution is -0.121. The Kier molecular flexibility index (Phi) is 5.11. The molecule has 0 saturated carbocycles. The second-order valence-corrected chi connectivity index (χ2v) is 5.31. The van der Waals surface area contributed by atoms with Crippen molar-refractivity contribution in [3.05, 3.63) is 45.0 Å². The quantitative estimate of drug-likeness (QED) is 0.694. The zero-order valence-corrected chi connectivity index (χ0v) is 12.5. The van der Waals surface area contributed by atoms with Crippen LogP contribution in [-0.4, -0.2) is 28.3 Å². The summed E-state index contributed by atoms with van der Waals surface area (Å²) in [6, 6.07) is 6.63. The highest BCUT2D eigenvalue weighted by Crippen LogP contribution is 2.02. The van der Waals surface area contributed by atoms with Gasteiger partial charge in [-0.1, -0.05) is 12.1 Å². The van der Waals surface area contributed by atoms with Gasteiger partial charge in [0.15, 0.2) is 0 Å². The van der Waals surface area contributed by atoms with Crippen LogP contribution in [0.2, 0.25) is 0 Å². The third-order valence-electron chi connectivity index (χ3n) is 3.37. The molecule has 2 rings (SSSR count). The van der Waals surface area contributed by atoms with Crippen molar-refractivity contribution < 1.29 is 4.79 Å². The average molecular weight is 304 g/mol. The molecular formula is C15H20N4O3. The third-order valence-corrected chi connectivity index (χ3v) is 3.37. The number of nitrogens with zero attached hydrogens (tertiary/aromatic N) is 1. The molecule has 1 aromatic carbocycles. The third kappa shape index (κ3) is 3.82. The van der Waals surface area contributed by atoms with Crippen LogP contribution < -0.4 is 22.2 Å². The van der Waals surface area contributed by atoms with Crippen LogP contribution in [0.25, 0.3) is 10.8 Å². The Hall–Kier alpha value is -2.41. The lowest BCUT2D eigenvalue weighted by Gasteiger charge is -2.09. The van der Waals surface area contributed by atoms with Crippen molar-refractivity contribution in [1.29, 1.82) is 0 Å². The summed E-state index contributed by atoms with van der Waals surface area (Å²) >= 11 is 0. The number of benzene rings is 1. The van der Waals surface area contributed by atoms with E-state index in [0.29, 0.717) is 23.7 Å². The number of aromatic amines is 1. The maximum Gasteiger partial charge on any atom is 0.273 e. The van der Waals surface area contributed by atoms with Crippen LogP contribution in [0.4, 0.5) is 0 Å². The molecule has 7 nitrogen and oxygen atoms in total. The molecule has 0 radical (unpaired) electrons. The van der Waals surface area contributed by atoms with E-state index < -0.39 is 0 Å². The molecule has 0 spiro atoms. The highest BCUT2D eigenvalue weighted by atomic mass is 16.2. The smallest absolute Gasteiger partial charge is 0.273 e. The van der Waals surface area contributed by atoms with E-state index in [-0.39, 0.29) is 36.0 Å². The number of fused-ring (bicyclic) bond motifs is 1. The van der Waals surface area contributed by atoms with Crippen molar-refractivity contribution >= 4 is 16.7 Å². The molecule has 0 aliphatic carbocycles. The van der Waals surface area contributed by atoms with Gasteiger partial charge in [-0.2, -0.15) is 0 Å². The molecule has 0 bridgehead atoms. The average Bonchev–Trinajstić information content (AvgIpc) is 2.49. The van der Waals surface area contributed by atoms with E-state index in [2.05, 4.69) is 10.4 Å². The number of rotatable bonds is 6. The molecule has 7 heteroatoms. The molecule has 4 N–H and O–H groups in total. The molecule has 1 atom stereocenters. The first-order valence-electron chi connectivity index (χ1n) is 7.23. The number of nitrogens with one attached hydrogen (secondary N) is 2. The Bertz CT molecular complexity index is 776. The van der Waals surface area contributed by atoms with E-state index in [9.17, 15) is 14.4 Å². The zero-order valence-electron chi connectivity index (χ0n) is 12.5. The summed E-state index contributed by atoms with van der Waals surface area (Å²) in [4.78, 5) is 35.9. The van der Waals surface area contributed by atoms with E-state index >= 15 is 0 Å². The van der Waals surface area contributed by atoms with Gasteiger partial charge in [-0.25, -0.2) is 4.68 Å². The second kappa shape index (κ2) is 7.04. The molecule has 0 saturated heterocycles. The Labute approximate surface area is 127 Å². The number of nitrogens with two attached hydrogens (primary N) is 1. The summed E-state index contributed by atoms with van der Waals surface area (Å²) in [5.74, 6) is -0.179. The van der Waals surface area contributed by atoms with E-state index in [0.717, 1.165) is 0 Å². The second-order valence-electron chi connectivity index (χ2n) is 5.31. The van der Waals surface area contributed by atoms with E-state index in [4.69, 9.17) is 5.73 Å². The normalized spacial score (nSPS) is 12.3. The van der Waals surface area contributed by atoms with Crippen molar-refractivity contribution in [1.82, 2.24) is 15.1 Å². The first kappa shape index (κ1) is 16.0. The first-order chi connectivity index (χ1) is 10.5. The van der Waals surface area contributed by atoms with Gasteiger partial charge in [0.05, 0.1) is 17.3 Å². The summed E-state index contributed by atoms with van der Waals surface area (Å²) in [7, 11) is 0. The SMILES string of the molecule is CC(N)CCNC(=O)CCn1[nH]c(=O)c2ccccc2c1=O. The molecule has 0 aliphatic heterocycles. The number of hydrogen-bond acceptors (Lipinski definition) is 4. The number of carbonyl (C=O) groups is 1. The Morgan fingerprint density at radius 2 is 2.00 bits per heavy atom. The number of amides is 1. The highest BCUT2D eigenvalue weighted by molar-refractivity contribution is 5.80. The number of hydrogen-bond donors (Lipinski definition) is 3. The molecule has 0 aliphatic rings. The number of aromatic nitrogens is 2. The molecule has 1 heterocycles. The Morgan fingerprint density at radius 1 is 1.32 bits per heavy atom. The fourth-order valence-corrected chi connectivity index (χ4v) is 2.15. The van der Waals surface area contributed by atoms with Gasteiger partial charge in [-0.15, -0.1) is 0 Å². The minimum atomic E-state index is -0.340. The van der Waals surface area contributed by atoms with Crippen molar-refractivity contribution in [2.75, 3.05) is 6.54 Å². The first-order valence-corrected chi connectivity index (χ1v) is 7.23. The summed E-state index contributed by atoms with van der Waals surface area (Å²) in [5.41, 5.74) is 4.95. The highest BCUT2D eigenvalue weighted by Gasteiger charge is 2.08. The minimum absolute atomic E-state index is 0.0276. The van der Waals surface area contributed by atoms with Crippen molar-refractivity contribution in [3.8, 4) is 0 Å². The Morgan fingerprint density at radius 3 is 2.68 bits per heavy atom. The van der Waals surface area contributed by atoms with Crippen LogP contribution in [0.5, 0.6) is 0 Å². The lowest BCUT2D eigenvalue weighted by Crippen LogP contribution is -2.33. The van der Waals surface area contributed by atoms with Crippen LogP contribution in [0.3, 0.4) is 0 Å². The predicted molar refractivity (Wildman–Crippen MR) is 84.7 cm³/mol. The van der Waals surface area contributed by atoms with Crippen molar-refractivity contribution in [3.63, 3.8) is 0 Å². The zero-order chi connectivity index (χ0) is 16.1. The summed E-state index contributed by atoms with van der Waals surface area (Å²) in [5, 5.41) is 5.93. The minimum Gasteiger partial charge on any atom is -0.356 e. The molecule has 118 valence electrons. The van der Waals surface area contributed by atoms with E-state index in [1.54, 1.807) is 24.3 Å². The Balaban J connectivity index is 2.06. The molecule has 2 aromatic rings. The molecule has 1 amide bonds. The monoisotopic (exact) mass is 304 g/mol. The van der Waals surface area contributed by atoms with E-state index in [1.807, 2.05) is 6.92 Å². The fourth-order valence-electron chi connectivity index (χ4n) is 2.15. The standard InChI is InChI=1S/C15H20N4O3/c1-10(16)6-8-17-13(20)7-9-19-15(22)12-5-3-2-4-11(12)14(21)18-19/h2-5,10H,6-9,16H2,1H3,(H,17,20)(H,18,21). The van der Waals surface area contributed by atoms with Gasteiger partial charge >= 0.3 is 0 Å². The molecular weight excluding hydrogens is 284 g/mol. The van der Waals surface area contributed by atoms with Crippen LogP contribution in [0, 0.1) is 0 Å². The molecule has 22 heavy (non-hydrogen) atoms. The number of H-pyrrole nitrogens is 1. The largest absolute Gasteiger partial charge is 0.356 e. The fraction of sp³-hybridized carbons (Fsp3) is 0.400. The van der Waals surface area contributed by atoms with Crippen molar-refractivity contribution in [2.45, 2.75) is 32.4 Å². The summed E-state index contributed by atoms with van der Waals surface area (Å²) in [6.45, 7) is 2.49. The molecule has 0 fully saturated rings. The van der Waals surface area contributed by atoms with Crippen LogP contribution in [0.1, 0.15) is 19.8 Å². The maximum atomic E-state index is 12.2. The predicted octanol–water partition coefficient (Wildman–Crippen LogP) is -0.0666. The van der Waals surface area contributed by atoms with Gasteiger partial charge in [0.1, 0.15) is 0 Å². The molecule has 1 unspecified atom stereocenters. The van der Waals surface area contributed by atoms with Gasteiger partial charge in [0, 0.05) is 19.0 Å². The topological polar surface area (TPSA) is 110 Å². The van der Waals surface area contributed by atoms with Crippen LogP contribution in [-0.2, 0) is 11.3 Å². The number of carbonyl (C=O) groups excluding carboxylic acids is 1. The number of aryl methyl sites for hydroxylation is 1. The van der Waals surface area contributed by atoms with Gasteiger partial charge < -0.3 is 11.1 Å². The van der Waals surface area contributed by atoms with Gasteiger partial charge in [-0.3, -0.25) is 19.5 Å². The lowest BCUT2D eigenvalue weighted by atomic mass is 10.2. The van der Waals surface area contributed by atoms with Crippen LogP contribution >= 0.6 is 0 Å². The van der Waals surface area contributed by atoms with Crippen LogP contribution in [0.15, 0.2) is 33.9 Å². The van der Waals surface area contributed by atoms with Gasteiger partial charge in [-0.05, 0) is 25.5 Å². The van der Waals surface area contributed by atoms with Gasteiger partial charge in [0.2, 0.25) is 5.91 Å². The van der Waals surface area contributed by atoms with E-state index in [1.165, 1.54) is 4.68 Å².